The molecule has 2 N–H and O–H groups in total. The Labute approximate surface area is 195 Å². The van der Waals surface area contributed by atoms with Crippen molar-refractivity contribution in [3.8, 4) is 0 Å². The van der Waals surface area contributed by atoms with Crippen molar-refractivity contribution < 1.29 is 23.4 Å². The molecule has 7 nitrogen and oxygen atoms in total. The number of hydrogen-bond acceptors (Lipinski definition) is 6. The Bertz CT molecular complexity index is 958. The number of fused-ring (bicyclic) bond motifs is 1. The molecule has 0 bridgehead atoms. The van der Waals surface area contributed by atoms with Crippen LogP contribution in [0.1, 0.15) is 23.8 Å². The predicted octanol–water partition coefficient (Wildman–Crippen LogP) is 3.30. The molecule has 0 aliphatic heterocycles. The van der Waals surface area contributed by atoms with Gasteiger partial charge in [0.2, 0.25) is 5.91 Å². The summed E-state index contributed by atoms with van der Waals surface area (Å²) in [5.74, 6) is 0.932. The van der Waals surface area contributed by atoms with E-state index >= 15 is 0 Å². The van der Waals surface area contributed by atoms with E-state index in [2.05, 4.69) is 47.0 Å². The van der Waals surface area contributed by atoms with E-state index in [-0.39, 0.29) is 5.91 Å². The highest BCUT2D eigenvalue weighted by molar-refractivity contribution is 5.78. The molecule has 2 aromatic carbocycles. The molecule has 3 rings (SSSR count). The van der Waals surface area contributed by atoms with Gasteiger partial charge < -0.3 is 29.3 Å². The molecule has 7 heteroatoms. The number of ether oxygens (including phenoxy) is 3. The van der Waals surface area contributed by atoms with Gasteiger partial charge in [0.1, 0.15) is 11.3 Å². The molecule has 1 aromatic heterocycles. The number of rotatable bonds is 16. The lowest BCUT2D eigenvalue weighted by molar-refractivity contribution is -0.119. The molecular formula is C26H34N2O5. The van der Waals surface area contributed by atoms with Gasteiger partial charge in [-0.3, -0.25) is 4.79 Å². The average molecular weight is 455 g/mol. The number of amides is 1. The Hall–Kier alpha value is -2.71. The maximum Gasteiger partial charge on any atom is 0.216 e. The number of nitrogens with one attached hydrogen (secondary N) is 2. The van der Waals surface area contributed by atoms with Gasteiger partial charge in [-0.1, -0.05) is 42.5 Å². The normalized spacial score (nSPS) is 11.2. The SMILES string of the molecule is CC(=O)NCCOCCOCCOCCNCc1ccc2cc(Cc3ccccc3)oc2c1. The topological polar surface area (TPSA) is 82.0 Å². The zero-order valence-corrected chi connectivity index (χ0v) is 19.3. The number of hydrogen-bond donors (Lipinski definition) is 2. The van der Waals surface area contributed by atoms with Crippen molar-refractivity contribution in [3.63, 3.8) is 0 Å². The number of benzene rings is 2. The van der Waals surface area contributed by atoms with Gasteiger partial charge in [0, 0.05) is 38.4 Å². The van der Waals surface area contributed by atoms with Gasteiger partial charge >= 0.3 is 0 Å². The van der Waals surface area contributed by atoms with Crippen LogP contribution >= 0.6 is 0 Å². The summed E-state index contributed by atoms with van der Waals surface area (Å²) in [6.07, 6.45) is 0.801. The molecular weight excluding hydrogens is 420 g/mol. The highest BCUT2D eigenvalue weighted by Gasteiger charge is 2.06. The number of carbonyl (C=O) groups is 1. The van der Waals surface area contributed by atoms with Crippen molar-refractivity contribution >= 4 is 16.9 Å². The minimum atomic E-state index is -0.0480. The Morgan fingerprint density at radius 1 is 0.818 bits per heavy atom. The summed E-state index contributed by atoms with van der Waals surface area (Å²) in [5.41, 5.74) is 3.36. The second-order valence-corrected chi connectivity index (χ2v) is 7.74. The van der Waals surface area contributed by atoms with Gasteiger partial charge in [0.25, 0.3) is 0 Å². The summed E-state index contributed by atoms with van der Waals surface area (Å²) in [5, 5.41) is 7.20. The van der Waals surface area contributed by atoms with Crippen LogP contribution < -0.4 is 10.6 Å². The largest absolute Gasteiger partial charge is 0.461 e. The smallest absolute Gasteiger partial charge is 0.216 e. The van der Waals surface area contributed by atoms with Crippen molar-refractivity contribution in [2.24, 2.45) is 0 Å². The molecule has 0 atom stereocenters. The first-order chi connectivity index (χ1) is 16.2. The summed E-state index contributed by atoms with van der Waals surface area (Å²) in [6, 6.07) is 18.8. The first kappa shape index (κ1) is 24.9. The van der Waals surface area contributed by atoms with E-state index in [0.29, 0.717) is 46.2 Å². The third-order valence-corrected chi connectivity index (χ3v) is 4.97. The van der Waals surface area contributed by atoms with Crippen LogP contribution in [0.3, 0.4) is 0 Å². The van der Waals surface area contributed by atoms with E-state index in [1.54, 1.807) is 0 Å². The van der Waals surface area contributed by atoms with E-state index in [9.17, 15) is 4.79 Å². The van der Waals surface area contributed by atoms with E-state index in [1.165, 1.54) is 18.1 Å². The minimum Gasteiger partial charge on any atom is -0.461 e. The van der Waals surface area contributed by atoms with Crippen LogP contribution in [-0.4, -0.2) is 58.6 Å². The molecule has 3 aromatic rings. The zero-order valence-electron chi connectivity index (χ0n) is 19.3. The third-order valence-electron chi connectivity index (χ3n) is 4.97. The van der Waals surface area contributed by atoms with Gasteiger partial charge in [-0.25, -0.2) is 0 Å². The lowest BCUT2D eigenvalue weighted by atomic mass is 10.1. The van der Waals surface area contributed by atoms with Crippen molar-refractivity contribution in [3.05, 3.63) is 71.5 Å². The van der Waals surface area contributed by atoms with E-state index in [0.717, 1.165) is 36.2 Å². The van der Waals surface area contributed by atoms with E-state index in [4.69, 9.17) is 18.6 Å². The maximum atomic E-state index is 10.7. The molecule has 33 heavy (non-hydrogen) atoms. The van der Waals surface area contributed by atoms with Crippen LogP contribution in [0.5, 0.6) is 0 Å². The van der Waals surface area contributed by atoms with Crippen molar-refractivity contribution in [1.29, 1.82) is 0 Å². The van der Waals surface area contributed by atoms with Crippen LogP contribution in [0.15, 0.2) is 59.0 Å². The zero-order chi connectivity index (χ0) is 23.1. The fraction of sp³-hybridized carbons (Fsp3) is 0.423. The summed E-state index contributed by atoms with van der Waals surface area (Å²) in [4.78, 5) is 10.7. The molecule has 1 heterocycles. The monoisotopic (exact) mass is 454 g/mol. The van der Waals surface area contributed by atoms with Crippen LogP contribution in [0.25, 0.3) is 11.0 Å². The first-order valence-electron chi connectivity index (χ1n) is 11.4. The van der Waals surface area contributed by atoms with E-state index < -0.39 is 0 Å². The first-order valence-corrected chi connectivity index (χ1v) is 11.4. The molecule has 0 radical (unpaired) electrons. The van der Waals surface area contributed by atoms with Crippen LogP contribution in [0.4, 0.5) is 0 Å². The molecule has 1 amide bonds. The fourth-order valence-corrected chi connectivity index (χ4v) is 3.34. The molecule has 0 fully saturated rings. The van der Waals surface area contributed by atoms with Crippen LogP contribution in [0, 0.1) is 0 Å². The summed E-state index contributed by atoms with van der Waals surface area (Å²) in [7, 11) is 0. The molecule has 0 saturated heterocycles. The number of carbonyl (C=O) groups excluding carboxylic acids is 1. The van der Waals surface area contributed by atoms with E-state index in [1.807, 2.05) is 18.2 Å². The second-order valence-electron chi connectivity index (χ2n) is 7.74. The molecule has 178 valence electrons. The Morgan fingerprint density at radius 3 is 2.24 bits per heavy atom. The van der Waals surface area contributed by atoms with Gasteiger partial charge in [0.05, 0.1) is 39.6 Å². The highest BCUT2D eigenvalue weighted by atomic mass is 16.5. The van der Waals surface area contributed by atoms with Gasteiger partial charge in [-0.2, -0.15) is 0 Å². The lowest BCUT2D eigenvalue weighted by Crippen LogP contribution is -2.25. The Balaban J connectivity index is 1.22. The Morgan fingerprint density at radius 2 is 1.52 bits per heavy atom. The maximum absolute atomic E-state index is 10.7. The lowest BCUT2D eigenvalue weighted by Gasteiger charge is -2.08. The summed E-state index contributed by atoms with van der Waals surface area (Å²) < 4.78 is 22.4. The van der Waals surface area contributed by atoms with Gasteiger partial charge in [-0.15, -0.1) is 0 Å². The molecule has 0 spiro atoms. The van der Waals surface area contributed by atoms with Crippen molar-refractivity contribution in [2.45, 2.75) is 19.9 Å². The van der Waals surface area contributed by atoms with Gasteiger partial charge in [0.15, 0.2) is 0 Å². The quantitative estimate of drug-likeness (QED) is 0.323. The molecule has 0 unspecified atom stereocenters. The second kappa shape index (κ2) is 14.4. The molecule has 0 aliphatic rings. The summed E-state index contributed by atoms with van der Waals surface area (Å²) in [6.45, 7) is 6.77. The minimum absolute atomic E-state index is 0.0480. The fourth-order valence-electron chi connectivity index (χ4n) is 3.34. The standard InChI is InChI=1S/C26H34N2O5/c1-21(29)28-10-12-31-14-16-32-15-13-30-11-9-27-20-23-7-8-24-19-25(33-26(24)18-23)17-22-5-3-2-4-6-22/h2-8,18-19,27H,9-17,20H2,1H3,(H,28,29). The van der Waals surface area contributed by atoms with Gasteiger partial charge in [-0.05, 0) is 23.3 Å². The van der Waals surface area contributed by atoms with Crippen LogP contribution in [0.2, 0.25) is 0 Å². The van der Waals surface area contributed by atoms with Crippen LogP contribution in [-0.2, 0) is 32.0 Å². The van der Waals surface area contributed by atoms with Crippen molar-refractivity contribution in [2.75, 3.05) is 52.7 Å². The number of furan rings is 1. The molecule has 0 saturated carbocycles. The predicted molar refractivity (Wildman–Crippen MR) is 128 cm³/mol. The summed E-state index contributed by atoms with van der Waals surface area (Å²) >= 11 is 0. The van der Waals surface area contributed by atoms with Crippen molar-refractivity contribution in [1.82, 2.24) is 10.6 Å². The highest BCUT2D eigenvalue weighted by Crippen LogP contribution is 2.22. The third kappa shape index (κ3) is 9.75. The Kier molecular flexibility index (Phi) is 10.9. The average Bonchev–Trinajstić information content (AvgIpc) is 3.21. The molecule has 0 aliphatic carbocycles.